The molecule has 0 bridgehead atoms. The number of nitrogens with zero attached hydrogens (tertiary/aromatic N) is 2. The Morgan fingerprint density at radius 1 is 1.33 bits per heavy atom. The zero-order valence-corrected chi connectivity index (χ0v) is 9.83. The van der Waals surface area contributed by atoms with E-state index < -0.39 is 0 Å². The van der Waals surface area contributed by atoms with Gasteiger partial charge in [-0.3, -0.25) is 0 Å². The molecule has 0 saturated carbocycles. The fourth-order valence-electron chi connectivity index (χ4n) is 1.85. The highest BCUT2D eigenvalue weighted by Crippen LogP contribution is 2.33. The molecule has 1 aromatic carbocycles. The van der Waals surface area contributed by atoms with E-state index in [0.29, 0.717) is 5.69 Å². The molecule has 1 saturated heterocycles. The van der Waals surface area contributed by atoms with E-state index in [1.54, 1.807) is 6.08 Å². The largest absolute Gasteiger partial charge is 0.370 e. The average molecular weight is 267 g/mol. The van der Waals surface area contributed by atoms with Crippen molar-refractivity contribution in [2.24, 2.45) is 4.99 Å². The minimum Gasteiger partial charge on any atom is -0.370 e. The van der Waals surface area contributed by atoms with Gasteiger partial charge in [0.15, 0.2) is 0 Å². The molecule has 3 nitrogen and oxygen atoms in total. The zero-order chi connectivity index (χ0) is 10.7. The fraction of sp³-hybridized carbons (Fsp3) is 0.364. The monoisotopic (exact) mass is 266 g/mol. The summed E-state index contributed by atoms with van der Waals surface area (Å²) in [5.41, 5.74) is 1.72. The van der Waals surface area contributed by atoms with Gasteiger partial charge in [-0.25, -0.2) is 4.79 Å². The van der Waals surface area contributed by atoms with Gasteiger partial charge in [0.2, 0.25) is 6.08 Å². The van der Waals surface area contributed by atoms with Crippen LogP contribution in [0.4, 0.5) is 11.4 Å². The Bertz CT molecular complexity index is 407. The van der Waals surface area contributed by atoms with Gasteiger partial charge in [0.05, 0.1) is 11.4 Å². The van der Waals surface area contributed by atoms with Crippen molar-refractivity contribution in [3.63, 3.8) is 0 Å². The summed E-state index contributed by atoms with van der Waals surface area (Å²) < 4.78 is 1.01. The van der Waals surface area contributed by atoms with Crippen LogP contribution in [0.25, 0.3) is 0 Å². The predicted molar refractivity (Wildman–Crippen MR) is 63.4 cm³/mol. The molecule has 0 aliphatic carbocycles. The maximum atomic E-state index is 10.3. The van der Waals surface area contributed by atoms with Crippen LogP contribution in [0.3, 0.4) is 0 Å². The maximum Gasteiger partial charge on any atom is 0.240 e. The van der Waals surface area contributed by atoms with Crippen LogP contribution in [-0.4, -0.2) is 19.2 Å². The first-order valence-corrected chi connectivity index (χ1v) is 5.73. The van der Waals surface area contributed by atoms with Crippen LogP contribution in [0.15, 0.2) is 27.7 Å². The van der Waals surface area contributed by atoms with Crippen LogP contribution < -0.4 is 4.90 Å². The molecule has 0 atom stereocenters. The van der Waals surface area contributed by atoms with Crippen LogP contribution in [-0.2, 0) is 4.79 Å². The lowest BCUT2D eigenvalue weighted by atomic mass is 10.2. The topological polar surface area (TPSA) is 32.7 Å². The van der Waals surface area contributed by atoms with Crippen LogP contribution in [0.2, 0.25) is 0 Å². The van der Waals surface area contributed by atoms with E-state index in [9.17, 15) is 4.79 Å². The Kier molecular flexibility index (Phi) is 3.19. The number of rotatable bonds is 2. The van der Waals surface area contributed by atoms with Gasteiger partial charge in [-0.1, -0.05) is 15.9 Å². The second-order valence-corrected chi connectivity index (χ2v) is 4.45. The molecule has 0 spiro atoms. The number of hydrogen-bond donors (Lipinski definition) is 0. The van der Waals surface area contributed by atoms with Gasteiger partial charge in [0.25, 0.3) is 0 Å². The minimum absolute atomic E-state index is 0.704. The molecule has 1 aliphatic rings. The number of isocyanates is 1. The predicted octanol–water partition coefficient (Wildman–Crippen LogP) is 3.02. The van der Waals surface area contributed by atoms with Gasteiger partial charge in [-0.2, -0.15) is 4.99 Å². The Morgan fingerprint density at radius 2 is 2.07 bits per heavy atom. The highest BCUT2D eigenvalue weighted by molar-refractivity contribution is 9.10. The van der Waals surface area contributed by atoms with Crippen molar-refractivity contribution in [3.8, 4) is 0 Å². The molecule has 1 aromatic rings. The van der Waals surface area contributed by atoms with Crippen molar-refractivity contribution in [3.05, 3.63) is 22.7 Å². The molecule has 4 heteroatoms. The van der Waals surface area contributed by atoms with E-state index in [1.165, 1.54) is 12.8 Å². The number of benzene rings is 1. The van der Waals surface area contributed by atoms with E-state index in [2.05, 4.69) is 25.8 Å². The van der Waals surface area contributed by atoms with Crippen LogP contribution in [0, 0.1) is 0 Å². The number of anilines is 1. The lowest BCUT2D eigenvalue weighted by Gasteiger charge is -2.19. The Hall–Kier alpha value is -1.12. The third kappa shape index (κ3) is 2.28. The molecule has 0 radical (unpaired) electrons. The first-order valence-electron chi connectivity index (χ1n) is 4.93. The summed E-state index contributed by atoms with van der Waals surface area (Å²) in [6.07, 6.45) is 4.01. The summed E-state index contributed by atoms with van der Waals surface area (Å²) in [6.45, 7) is 2.08. The molecule has 1 aliphatic heterocycles. The SMILES string of the molecule is O=C=Nc1ccc(Br)cc1N1CCCC1. The van der Waals surface area contributed by atoms with Crippen molar-refractivity contribution in [2.75, 3.05) is 18.0 Å². The van der Waals surface area contributed by atoms with E-state index in [-0.39, 0.29) is 0 Å². The highest BCUT2D eigenvalue weighted by atomic mass is 79.9. The smallest absolute Gasteiger partial charge is 0.240 e. The van der Waals surface area contributed by atoms with E-state index in [1.807, 2.05) is 18.2 Å². The van der Waals surface area contributed by atoms with Crippen molar-refractivity contribution >= 4 is 33.4 Å². The van der Waals surface area contributed by atoms with Gasteiger partial charge in [-0.15, -0.1) is 0 Å². The van der Waals surface area contributed by atoms with Gasteiger partial charge in [-0.05, 0) is 31.0 Å². The summed E-state index contributed by atoms with van der Waals surface area (Å²) in [5, 5.41) is 0. The highest BCUT2D eigenvalue weighted by Gasteiger charge is 2.15. The van der Waals surface area contributed by atoms with Gasteiger partial charge < -0.3 is 4.90 Å². The zero-order valence-electron chi connectivity index (χ0n) is 8.24. The van der Waals surface area contributed by atoms with Crippen molar-refractivity contribution in [1.82, 2.24) is 0 Å². The summed E-state index contributed by atoms with van der Waals surface area (Å²) in [7, 11) is 0. The molecule has 1 fully saturated rings. The third-order valence-corrected chi connectivity index (χ3v) is 3.04. The van der Waals surface area contributed by atoms with Crippen LogP contribution >= 0.6 is 15.9 Å². The number of hydrogen-bond acceptors (Lipinski definition) is 3. The molecular formula is C11H11BrN2O. The number of aliphatic imine (C=N–C) groups is 1. The quantitative estimate of drug-likeness (QED) is 0.609. The standard InChI is InChI=1S/C11H11BrN2O/c12-9-3-4-10(13-8-15)11(7-9)14-5-1-2-6-14/h3-4,7H,1-2,5-6H2. The lowest BCUT2D eigenvalue weighted by Crippen LogP contribution is -2.17. The maximum absolute atomic E-state index is 10.3. The Labute approximate surface area is 96.9 Å². The lowest BCUT2D eigenvalue weighted by molar-refractivity contribution is 0.565. The molecular weight excluding hydrogens is 256 g/mol. The molecule has 1 heterocycles. The Balaban J connectivity index is 2.41. The second-order valence-electron chi connectivity index (χ2n) is 3.53. The summed E-state index contributed by atoms with van der Waals surface area (Å²) in [6, 6.07) is 5.72. The van der Waals surface area contributed by atoms with Crippen LogP contribution in [0.5, 0.6) is 0 Å². The van der Waals surface area contributed by atoms with Crippen LogP contribution in [0.1, 0.15) is 12.8 Å². The minimum atomic E-state index is 0.704. The van der Waals surface area contributed by atoms with Crippen molar-refractivity contribution in [1.29, 1.82) is 0 Å². The second kappa shape index (κ2) is 4.60. The molecule has 15 heavy (non-hydrogen) atoms. The number of halogens is 1. The normalized spacial score (nSPS) is 15.1. The van der Waals surface area contributed by atoms with Crippen molar-refractivity contribution in [2.45, 2.75) is 12.8 Å². The van der Waals surface area contributed by atoms with Gasteiger partial charge >= 0.3 is 0 Å². The molecule has 78 valence electrons. The average Bonchev–Trinajstić information content (AvgIpc) is 2.74. The molecule has 0 N–H and O–H groups in total. The van der Waals surface area contributed by atoms with Crippen molar-refractivity contribution < 1.29 is 4.79 Å². The molecule has 0 aromatic heterocycles. The first kappa shape index (κ1) is 10.4. The molecule has 0 unspecified atom stereocenters. The first-order chi connectivity index (χ1) is 7.31. The summed E-state index contributed by atoms with van der Waals surface area (Å²) in [5.74, 6) is 0. The number of carbonyl (C=O) groups excluding carboxylic acids is 1. The van der Waals surface area contributed by atoms with E-state index in [0.717, 1.165) is 23.2 Å². The molecule has 2 rings (SSSR count). The third-order valence-electron chi connectivity index (χ3n) is 2.55. The van der Waals surface area contributed by atoms with Gasteiger partial charge in [0, 0.05) is 17.6 Å². The fourth-order valence-corrected chi connectivity index (χ4v) is 2.20. The van der Waals surface area contributed by atoms with E-state index >= 15 is 0 Å². The summed E-state index contributed by atoms with van der Waals surface area (Å²) in [4.78, 5) is 16.3. The summed E-state index contributed by atoms with van der Waals surface area (Å²) >= 11 is 3.43. The molecule has 0 amide bonds. The van der Waals surface area contributed by atoms with Gasteiger partial charge in [0.1, 0.15) is 0 Å². The van der Waals surface area contributed by atoms with E-state index in [4.69, 9.17) is 0 Å². The Morgan fingerprint density at radius 3 is 2.73 bits per heavy atom.